The van der Waals surface area contributed by atoms with Crippen molar-refractivity contribution in [3.8, 4) is 17.4 Å². The van der Waals surface area contributed by atoms with E-state index in [-0.39, 0.29) is 40.7 Å². The van der Waals surface area contributed by atoms with Gasteiger partial charge in [0.25, 0.3) is 11.8 Å². The molecule has 37 heavy (non-hydrogen) atoms. The molecular formula is C28H28FN3O4S. The standard InChI is InChI=1S/C28H28FN3O4S/c1-16-2-9-24(33)22(12-16)26(34)31-19-4-6-20(7-5-19)32-27(35)23-13-18(29)15-30-28(23)36-21-8-3-17-10-11-37-25(17)14-21/h2-3,8-9,12-15,19-20,33H,4-7,10-11H2,1H3,(H,31,34)(H,32,35). The normalized spacial score (nSPS) is 18.6. The largest absolute Gasteiger partial charge is 0.507 e. The summed E-state index contributed by atoms with van der Waals surface area (Å²) in [6, 6.07) is 11.6. The second-order valence-corrected chi connectivity index (χ2v) is 10.6. The van der Waals surface area contributed by atoms with Crippen LogP contribution in [-0.2, 0) is 6.42 Å². The number of aryl methyl sites for hydroxylation is 2. The van der Waals surface area contributed by atoms with Crippen molar-refractivity contribution < 1.29 is 23.8 Å². The molecule has 0 radical (unpaired) electrons. The third-order valence-electron chi connectivity index (χ3n) is 6.74. The molecule has 1 aliphatic carbocycles. The molecule has 7 nitrogen and oxygen atoms in total. The number of halogens is 1. The molecule has 0 unspecified atom stereocenters. The first-order valence-electron chi connectivity index (χ1n) is 12.4. The number of thioether (sulfide) groups is 1. The number of ether oxygens (including phenoxy) is 1. The number of aromatic hydroxyl groups is 1. The van der Waals surface area contributed by atoms with Crippen LogP contribution in [0.2, 0.25) is 0 Å². The van der Waals surface area contributed by atoms with E-state index in [0.717, 1.165) is 34.9 Å². The van der Waals surface area contributed by atoms with Crippen molar-refractivity contribution in [3.63, 3.8) is 0 Å². The first-order chi connectivity index (χ1) is 17.9. The molecule has 0 bridgehead atoms. The third kappa shape index (κ3) is 5.88. The zero-order valence-electron chi connectivity index (χ0n) is 20.4. The summed E-state index contributed by atoms with van der Waals surface area (Å²) in [4.78, 5) is 30.9. The van der Waals surface area contributed by atoms with E-state index in [4.69, 9.17) is 4.74 Å². The second-order valence-electron chi connectivity index (χ2n) is 9.49. The molecule has 3 N–H and O–H groups in total. The van der Waals surface area contributed by atoms with E-state index in [1.807, 2.05) is 25.1 Å². The molecule has 1 fully saturated rings. The average molecular weight is 522 g/mol. The predicted octanol–water partition coefficient (Wildman–Crippen LogP) is 5.15. The van der Waals surface area contributed by atoms with E-state index >= 15 is 0 Å². The van der Waals surface area contributed by atoms with Gasteiger partial charge >= 0.3 is 0 Å². The van der Waals surface area contributed by atoms with Crippen LogP contribution in [0.15, 0.2) is 53.6 Å². The van der Waals surface area contributed by atoms with Gasteiger partial charge in [0.15, 0.2) is 0 Å². The highest BCUT2D eigenvalue weighted by Gasteiger charge is 2.26. The number of nitrogens with one attached hydrogen (secondary N) is 2. The summed E-state index contributed by atoms with van der Waals surface area (Å²) in [5.74, 6) is 0.206. The van der Waals surface area contributed by atoms with Gasteiger partial charge in [0.1, 0.15) is 22.9 Å². The molecule has 9 heteroatoms. The van der Waals surface area contributed by atoms with E-state index in [9.17, 15) is 19.1 Å². The van der Waals surface area contributed by atoms with E-state index in [1.54, 1.807) is 23.9 Å². The quantitative estimate of drug-likeness (QED) is 0.415. The molecule has 2 aromatic carbocycles. The molecule has 2 heterocycles. The van der Waals surface area contributed by atoms with Gasteiger partial charge in [-0.1, -0.05) is 17.7 Å². The van der Waals surface area contributed by atoms with Gasteiger partial charge in [0, 0.05) is 22.7 Å². The Morgan fingerprint density at radius 1 is 1.00 bits per heavy atom. The smallest absolute Gasteiger partial charge is 0.257 e. The van der Waals surface area contributed by atoms with Crippen LogP contribution in [0.5, 0.6) is 17.4 Å². The van der Waals surface area contributed by atoms with Gasteiger partial charge in [0.2, 0.25) is 5.88 Å². The minimum Gasteiger partial charge on any atom is -0.507 e. The fraction of sp³-hybridized carbons (Fsp3) is 0.321. The number of hydrogen-bond donors (Lipinski definition) is 3. The molecule has 3 aromatic rings. The number of amides is 2. The number of rotatable bonds is 6. The first-order valence-corrected chi connectivity index (χ1v) is 13.3. The lowest BCUT2D eigenvalue weighted by molar-refractivity contribution is 0.0888. The van der Waals surface area contributed by atoms with Crippen molar-refractivity contribution in [1.82, 2.24) is 15.6 Å². The highest BCUT2D eigenvalue weighted by Crippen LogP contribution is 2.35. The predicted molar refractivity (Wildman–Crippen MR) is 139 cm³/mol. The zero-order chi connectivity index (χ0) is 25.9. The SMILES string of the molecule is Cc1ccc(O)c(C(=O)NC2CCC(NC(=O)c3cc(F)cnc3Oc3ccc4c(c3)SCC4)CC2)c1. The fourth-order valence-corrected chi connectivity index (χ4v) is 5.83. The molecule has 5 rings (SSSR count). The maximum atomic E-state index is 14.0. The minimum atomic E-state index is -0.618. The van der Waals surface area contributed by atoms with Crippen molar-refractivity contribution in [2.24, 2.45) is 0 Å². The van der Waals surface area contributed by atoms with Crippen molar-refractivity contribution in [1.29, 1.82) is 0 Å². The number of benzene rings is 2. The van der Waals surface area contributed by atoms with Crippen molar-refractivity contribution in [3.05, 3.63) is 76.7 Å². The summed E-state index contributed by atoms with van der Waals surface area (Å²) in [7, 11) is 0. The number of pyridine rings is 1. The molecule has 2 aliphatic rings. The van der Waals surface area contributed by atoms with Crippen LogP contribution in [0.25, 0.3) is 0 Å². The molecular weight excluding hydrogens is 493 g/mol. The van der Waals surface area contributed by atoms with Crippen molar-refractivity contribution in [2.45, 2.75) is 56.0 Å². The minimum absolute atomic E-state index is 0.0403. The Morgan fingerprint density at radius 3 is 2.43 bits per heavy atom. The van der Waals surface area contributed by atoms with Crippen LogP contribution in [0.4, 0.5) is 4.39 Å². The van der Waals surface area contributed by atoms with Gasteiger partial charge in [-0.15, -0.1) is 11.8 Å². The molecule has 0 atom stereocenters. The van der Waals surface area contributed by atoms with E-state index in [1.165, 1.54) is 11.6 Å². The molecule has 0 saturated heterocycles. The Labute approximate surface area is 218 Å². The lowest BCUT2D eigenvalue weighted by Gasteiger charge is -2.30. The fourth-order valence-electron chi connectivity index (χ4n) is 4.73. The number of phenolic OH excluding ortho intramolecular Hbond substituents is 1. The van der Waals surface area contributed by atoms with E-state index < -0.39 is 11.7 Å². The number of carbonyl (C=O) groups excluding carboxylic acids is 2. The Kier molecular flexibility index (Phi) is 7.32. The maximum absolute atomic E-state index is 14.0. The third-order valence-corrected chi connectivity index (χ3v) is 7.84. The summed E-state index contributed by atoms with van der Waals surface area (Å²) in [5, 5.41) is 16.0. The van der Waals surface area contributed by atoms with Crippen LogP contribution in [-0.4, -0.2) is 39.7 Å². The first kappa shape index (κ1) is 25.1. The molecule has 1 aromatic heterocycles. The topological polar surface area (TPSA) is 101 Å². The van der Waals surface area contributed by atoms with E-state index in [2.05, 4.69) is 15.6 Å². The Hall–Kier alpha value is -3.59. The van der Waals surface area contributed by atoms with E-state index in [0.29, 0.717) is 31.4 Å². The number of nitrogens with zero attached hydrogens (tertiary/aromatic N) is 1. The Bertz CT molecular complexity index is 1340. The summed E-state index contributed by atoms with van der Waals surface area (Å²) >= 11 is 1.75. The number of aromatic nitrogens is 1. The van der Waals surface area contributed by atoms with Crippen LogP contribution in [0, 0.1) is 12.7 Å². The molecule has 1 aliphatic heterocycles. The number of hydrogen-bond acceptors (Lipinski definition) is 6. The number of fused-ring (bicyclic) bond motifs is 1. The molecule has 1 saturated carbocycles. The van der Waals surface area contributed by atoms with Crippen LogP contribution < -0.4 is 15.4 Å². The lowest BCUT2D eigenvalue weighted by Crippen LogP contribution is -2.44. The van der Waals surface area contributed by atoms with Crippen LogP contribution in [0.1, 0.15) is 57.5 Å². The van der Waals surface area contributed by atoms with Gasteiger partial charge < -0.3 is 20.5 Å². The average Bonchev–Trinajstić information content (AvgIpc) is 3.35. The number of phenols is 1. The maximum Gasteiger partial charge on any atom is 0.257 e. The summed E-state index contributed by atoms with van der Waals surface area (Å²) in [6.07, 6.45) is 4.69. The molecule has 192 valence electrons. The van der Waals surface area contributed by atoms with Gasteiger partial charge in [0.05, 0.1) is 11.8 Å². The van der Waals surface area contributed by atoms with Gasteiger partial charge in [-0.3, -0.25) is 9.59 Å². The summed E-state index contributed by atoms with van der Waals surface area (Å²) < 4.78 is 19.9. The molecule has 0 spiro atoms. The zero-order valence-corrected chi connectivity index (χ0v) is 21.2. The monoisotopic (exact) mass is 521 g/mol. The molecule has 2 amide bonds. The highest BCUT2D eigenvalue weighted by atomic mass is 32.2. The summed E-state index contributed by atoms with van der Waals surface area (Å²) in [5.41, 5.74) is 2.45. The van der Waals surface area contributed by atoms with Crippen molar-refractivity contribution in [2.75, 3.05) is 5.75 Å². The van der Waals surface area contributed by atoms with Gasteiger partial charge in [-0.25, -0.2) is 9.37 Å². The highest BCUT2D eigenvalue weighted by molar-refractivity contribution is 7.99. The van der Waals surface area contributed by atoms with Crippen LogP contribution >= 0.6 is 11.8 Å². The Morgan fingerprint density at radius 2 is 1.70 bits per heavy atom. The second kappa shape index (κ2) is 10.8. The Balaban J connectivity index is 1.19. The lowest BCUT2D eigenvalue weighted by atomic mass is 9.90. The summed E-state index contributed by atoms with van der Waals surface area (Å²) in [6.45, 7) is 1.86. The number of carbonyl (C=O) groups is 2. The van der Waals surface area contributed by atoms with Gasteiger partial charge in [-0.05, 0) is 74.9 Å². The van der Waals surface area contributed by atoms with Gasteiger partial charge in [-0.2, -0.15) is 0 Å². The van der Waals surface area contributed by atoms with Crippen molar-refractivity contribution >= 4 is 23.6 Å². The van der Waals surface area contributed by atoms with Crippen LogP contribution in [0.3, 0.4) is 0 Å².